The second-order valence-corrected chi connectivity index (χ2v) is 7.35. The predicted octanol–water partition coefficient (Wildman–Crippen LogP) is 1.18. The van der Waals surface area contributed by atoms with Crippen molar-refractivity contribution in [2.24, 2.45) is 0 Å². The molecule has 1 N–H and O–H groups in total. The topological polar surface area (TPSA) is 88.8 Å². The van der Waals surface area contributed by atoms with Crippen molar-refractivity contribution in [1.82, 2.24) is 8.87 Å². The van der Waals surface area contributed by atoms with Crippen LogP contribution in [0.4, 0.5) is 0 Å². The Morgan fingerprint density at radius 3 is 2.62 bits per heavy atom. The maximum absolute atomic E-state index is 12.6. The van der Waals surface area contributed by atoms with Crippen LogP contribution in [0.1, 0.15) is 37.3 Å². The zero-order valence-corrected chi connectivity index (χ0v) is 13.1. The van der Waals surface area contributed by atoms with E-state index in [1.807, 2.05) is 6.92 Å². The molecule has 2 rings (SSSR count). The van der Waals surface area contributed by atoms with Gasteiger partial charge in [0.1, 0.15) is 10.6 Å². The van der Waals surface area contributed by atoms with E-state index in [0.717, 1.165) is 0 Å². The van der Waals surface area contributed by atoms with E-state index < -0.39 is 16.0 Å². The van der Waals surface area contributed by atoms with Gasteiger partial charge in [-0.25, -0.2) is 13.2 Å². The van der Waals surface area contributed by atoms with Gasteiger partial charge in [0.25, 0.3) is 0 Å². The van der Waals surface area contributed by atoms with E-state index in [2.05, 4.69) is 0 Å². The van der Waals surface area contributed by atoms with Gasteiger partial charge < -0.3 is 14.4 Å². The standard InChI is InChI=1S/C13H20N2O5S/c1-9(2)15-8-11(6-12(15)13(16)17)21(18,19)14-4-5-20-10(3)7-14/h6,8-10H,4-5,7H2,1-3H3,(H,16,17). The van der Waals surface area contributed by atoms with Crippen molar-refractivity contribution in [3.05, 3.63) is 18.0 Å². The molecule has 0 amide bonds. The number of hydrogen-bond donors (Lipinski definition) is 1. The van der Waals surface area contributed by atoms with Crippen LogP contribution in [0.15, 0.2) is 17.2 Å². The number of morpholine rings is 1. The summed E-state index contributed by atoms with van der Waals surface area (Å²) in [4.78, 5) is 11.3. The van der Waals surface area contributed by atoms with Crippen LogP contribution in [0.5, 0.6) is 0 Å². The Balaban J connectivity index is 2.40. The molecule has 2 heterocycles. The van der Waals surface area contributed by atoms with Crippen LogP contribution in [0.3, 0.4) is 0 Å². The number of carboxylic acids is 1. The van der Waals surface area contributed by atoms with E-state index in [1.165, 1.54) is 21.1 Å². The van der Waals surface area contributed by atoms with Crippen LogP contribution >= 0.6 is 0 Å². The molecule has 0 aromatic carbocycles. The van der Waals surface area contributed by atoms with Crippen LogP contribution in [-0.2, 0) is 14.8 Å². The average Bonchev–Trinajstić information content (AvgIpc) is 2.84. The van der Waals surface area contributed by atoms with Crippen molar-refractivity contribution in [1.29, 1.82) is 0 Å². The highest BCUT2D eigenvalue weighted by molar-refractivity contribution is 7.89. The lowest BCUT2D eigenvalue weighted by atomic mass is 10.3. The Morgan fingerprint density at radius 2 is 2.14 bits per heavy atom. The summed E-state index contributed by atoms with van der Waals surface area (Å²) in [5.41, 5.74) is -0.0233. The van der Waals surface area contributed by atoms with Gasteiger partial charge in [-0.1, -0.05) is 0 Å². The molecule has 0 aliphatic carbocycles. The first-order valence-corrected chi connectivity index (χ1v) is 8.24. The summed E-state index contributed by atoms with van der Waals surface area (Å²) in [6, 6.07) is 1.08. The number of rotatable bonds is 4. The van der Waals surface area contributed by atoms with Crippen LogP contribution in [0, 0.1) is 0 Å². The summed E-state index contributed by atoms with van der Waals surface area (Å²) < 4.78 is 33.4. The number of sulfonamides is 1. The number of nitrogens with zero attached hydrogens (tertiary/aromatic N) is 2. The molecule has 1 atom stereocenters. The Bertz CT molecular complexity index is 635. The molecule has 0 saturated carbocycles. The van der Waals surface area contributed by atoms with E-state index in [4.69, 9.17) is 4.74 Å². The molecular formula is C13H20N2O5S. The first-order valence-electron chi connectivity index (χ1n) is 6.80. The third-order valence-electron chi connectivity index (χ3n) is 3.44. The lowest BCUT2D eigenvalue weighted by molar-refractivity contribution is 0.0102. The molecule has 7 nitrogen and oxygen atoms in total. The minimum atomic E-state index is -3.69. The van der Waals surface area contributed by atoms with E-state index >= 15 is 0 Å². The number of hydrogen-bond acceptors (Lipinski definition) is 4. The molecule has 8 heteroatoms. The summed E-state index contributed by atoms with van der Waals surface area (Å²) in [5.74, 6) is -1.14. The van der Waals surface area contributed by atoms with Crippen LogP contribution in [0.2, 0.25) is 0 Å². The normalized spacial score (nSPS) is 20.9. The first-order chi connectivity index (χ1) is 9.73. The van der Waals surface area contributed by atoms with Crippen LogP contribution in [-0.4, -0.2) is 54.2 Å². The SMILES string of the molecule is CC1CN(S(=O)(=O)c2cc(C(=O)O)n(C(C)C)c2)CCO1. The fraction of sp³-hybridized carbons (Fsp3) is 0.615. The highest BCUT2D eigenvalue weighted by atomic mass is 32.2. The highest BCUT2D eigenvalue weighted by Gasteiger charge is 2.31. The maximum Gasteiger partial charge on any atom is 0.352 e. The smallest absolute Gasteiger partial charge is 0.352 e. The molecule has 0 spiro atoms. The number of carbonyl (C=O) groups is 1. The number of aromatic carboxylic acids is 1. The summed E-state index contributed by atoms with van der Waals surface area (Å²) >= 11 is 0. The Morgan fingerprint density at radius 1 is 1.48 bits per heavy atom. The predicted molar refractivity (Wildman–Crippen MR) is 75.9 cm³/mol. The van der Waals surface area contributed by atoms with Gasteiger partial charge in [0.15, 0.2) is 0 Å². The largest absolute Gasteiger partial charge is 0.477 e. The fourth-order valence-electron chi connectivity index (χ4n) is 2.35. The van der Waals surface area contributed by atoms with E-state index in [9.17, 15) is 18.3 Å². The van der Waals surface area contributed by atoms with Gasteiger partial charge in [-0.15, -0.1) is 0 Å². The minimum Gasteiger partial charge on any atom is -0.477 e. The molecule has 1 fully saturated rings. The number of aromatic nitrogens is 1. The van der Waals surface area contributed by atoms with Crippen LogP contribution < -0.4 is 0 Å². The monoisotopic (exact) mass is 316 g/mol. The van der Waals surface area contributed by atoms with E-state index in [-0.39, 0.29) is 35.8 Å². The van der Waals surface area contributed by atoms with Crippen molar-refractivity contribution in [3.8, 4) is 0 Å². The zero-order chi connectivity index (χ0) is 15.8. The molecule has 1 aliphatic heterocycles. The van der Waals surface area contributed by atoms with Crippen molar-refractivity contribution in [2.75, 3.05) is 19.7 Å². The zero-order valence-electron chi connectivity index (χ0n) is 12.3. The molecule has 1 aromatic rings. The molecule has 1 saturated heterocycles. The van der Waals surface area contributed by atoms with Gasteiger partial charge in [-0.2, -0.15) is 4.31 Å². The van der Waals surface area contributed by atoms with Crippen molar-refractivity contribution >= 4 is 16.0 Å². The van der Waals surface area contributed by atoms with E-state index in [0.29, 0.717) is 6.61 Å². The molecule has 118 valence electrons. The quantitative estimate of drug-likeness (QED) is 0.901. The molecule has 21 heavy (non-hydrogen) atoms. The van der Waals surface area contributed by atoms with Gasteiger partial charge in [0.05, 0.1) is 12.7 Å². The molecule has 1 aromatic heterocycles. The summed E-state index contributed by atoms with van der Waals surface area (Å²) in [6.07, 6.45) is 1.23. The lowest BCUT2D eigenvalue weighted by Crippen LogP contribution is -2.44. The summed E-state index contributed by atoms with van der Waals surface area (Å²) in [7, 11) is -3.69. The first kappa shape index (κ1) is 16.0. The van der Waals surface area contributed by atoms with Crippen molar-refractivity contribution in [2.45, 2.75) is 37.8 Å². The number of carboxylic acid groups (broad SMARTS) is 1. The maximum atomic E-state index is 12.6. The van der Waals surface area contributed by atoms with Gasteiger partial charge in [-0.3, -0.25) is 0 Å². The minimum absolute atomic E-state index is 0.0164. The molecule has 1 aliphatic rings. The second-order valence-electron chi connectivity index (χ2n) is 5.41. The lowest BCUT2D eigenvalue weighted by Gasteiger charge is -2.29. The van der Waals surface area contributed by atoms with Gasteiger partial charge >= 0.3 is 5.97 Å². The third-order valence-corrected chi connectivity index (χ3v) is 5.27. The fourth-order valence-corrected chi connectivity index (χ4v) is 3.87. The van der Waals surface area contributed by atoms with Gasteiger partial charge in [-0.05, 0) is 26.8 Å². The highest BCUT2D eigenvalue weighted by Crippen LogP contribution is 2.23. The van der Waals surface area contributed by atoms with Crippen molar-refractivity contribution in [3.63, 3.8) is 0 Å². The van der Waals surface area contributed by atoms with Crippen molar-refractivity contribution < 1.29 is 23.1 Å². The Labute approximate surface area is 124 Å². The van der Waals surface area contributed by atoms with Gasteiger partial charge in [0, 0.05) is 25.3 Å². The van der Waals surface area contributed by atoms with Crippen LogP contribution in [0.25, 0.3) is 0 Å². The summed E-state index contributed by atoms with van der Waals surface area (Å²) in [6.45, 7) is 6.32. The molecule has 0 bridgehead atoms. The third kappa shape index (κ3) is 3.12. The molecule has 0 radical (unpaired) electrons. The molecular weight excluding hydrogens is 296 g/mol. The molecule has 1 unspecified atom stereocenters. The number of ether oxygens (including phenoxy) is 1. The van der Waals surface area contributed by atoms with Gasteiger partial charge in [0.2, 0.25) is 10.0 Å². The Hall–Kier alpha value is -1.38. The Kier molecular flexibility index (Phi) is 4.40. The second kappa shape index (κ2) is 5.78. The average molecular weight is 316 g/mol. The van der Waals surface area contributed by atoms with E-state index in [1.54, 1.807) is 13.8 Å². The summed E-state index contributed by atoms with van der Waals surface area (Å²) in [5, 5.41) is 9.20.